The van der Waals surface area contributed by atoms with Crippen molar-refractivity contribution in [2.75, 3.05) is 0 Å². The number of aryl methyl sites for hydroxylation is 2. The summed E-state index contributed by atoms with van der Waals surface area (Å²) in [7, 11) is 0. The quantitative estimate of drug-likeness (QED) is 0.516. The van der Waals surface area contributed by atoms with Gasteiger partial charge < -0.3 is 5.11 Å². The summed E-state index contributed by atoms with van der Waals surface area (Å²) in [5, 5.41) is 10.2. The Morgan fingerprint density at radius 1 is 1.43 bits per heavy atom. The monoisotopic (exact) mass is 323 g/mol. The number of carboxylic acids is 1. The molecule has 0 aliphatic carbocycles. The highest BCUT2D eigenvalue weighted by molar-refractivity contribution is 7.98. The van der Waals surface area contributed by atoms with Crippen LogP contribution in [0.1, 0.15) is 34.4 Å². The zero-order valence-corrected chi connectivity index (χ0v) is 13.2. The van der Waals surface area contributed by atoms with Gasteiger partial charge >= 0.3 is 5.97 Å². The number of carbonyl (C=O) groups is 1. The molecule has 0 spiro atoms. The summed E-state index contributed by atoms with van der Waals surface area (Å²) in [6, 6.07) is 3.60. The number of pyridine rings is 1. The Morgan fingerprint density at radius 2 is 2.19 bits per heavy atom. The summed E-state index contributed by atoms with van der Waals surface area (Å²) in [5.41, 5.74) is 1.62. The highest BCUT2D eigenvalue weighted by atomic mass is 35.5. The van der Waals surface area contributed by atoms with Crippen LogP contribution in [0.4, 0.5) is 0 Å². The SMILES string of the molecule is CCc1nc(C)c(C(=O)O)c(SCc2ccnc(Cl)c2)n1. The fourth-order valence-electron chi connectivity index (χ4n) is 1.80. The summed E-state index contributed by atoms with van der Waals surface area (Å²) in [5.74, 6) is 0.209. The van der Waals surface area contributed by atoms with E-state index in [9.17, 15) is 9.90 Å². The Balaban J connectivity index is 2.29. The number of hydrogen-bond donors (Lipinski definition) is 1. The van der Waals surface area contributed by atoms with E-state index in [0.29, 0.717) is 33.9 Å². The average Bonchev–Trinajstić information content (AvgIpc) is 2.44. The van der Waals surface area contributed by atoms with Crippen LogP contribution in [0.25, 0.3) is 0 Å². The molecule has 0 aliphatic heterocycles. The molecular weight excluding hydrogens is 310 g/mol. The molecule has 0 radical (unpaired) electrons. The van der Waals surface area contributed by atoms with Gasteiger partial charge in [0.05, 0.1) is 5.69 Å². The number of hydrogen-bond acceptors (Lipinski definition) is 5. The molecule has 0 bridgehead atoms. The van der Waals surface area contributed by atoms with Crippen LogP contribution < -0.4 is 0 Å². The van der Waals surface area contributed by atoms with Crippen molar-refractivity contribution in [2.45, 2.75) is 31.0 Å². The number of nitrogens with zero attached hydrogens (tertiary/aromatic N) is 3. The van der Waals surface area contributed by atoms with E-state index in [2.05, 4.69) is 15.0 Å². The van der Waals surface area contributed by atoms with Gasteiger partial charge in [-0.25, -0.2) is 19.7 Å². The van der Waals surface area contributed by atoms with Crippen molar-refractivity contribution in [3.8, 4) is 0 Å². The molecule has 2 aromatic heterocycles. The molecule has 2 rings (SSSR count). The highest BCUT2D eigenvalue weighted by Gasteiger charge is 2.18. The van der Waals surface area contributed by atoms with Gasteiger partial charge in [0.25, 0.3) is 0 Å². The molecule has 2 aromatic rings. The van der Waals surface area contributed by atoms with Crippen molar-refractivity contribution < 1.29 is 9.90 Å². The van der Waals surface area contributed by atoms with Crippen LogP contribution in [0.3, 0.4) is 0 Å². The molecule has 0 saturated carbocycles. The average molecular weight is 324 g/mol. The van der Waals surface area contributed by atoms with Crippen LogP contribution in [0.2, 0.25) is 5.15 Å². The summed E-state index contributed by atoms with van der Waals surface area (Å²) >= 11 is 7.20. The number of thioether (sulfide) groups is 1. The molecule has 0 fully saturated rings. The third kappa shape index (κ3) is 3.92. The first-order valence-corrected chi connectivity index (χ1v) is 7.71. The van der Waals surface area contributed by atoms with E-state index < -0.39 is 5.97 Å². The Bertz CT molecular complexity index is 679. The first-order chi connectivity index (χ1) is 10.0. The van der Waals surface area contributed by atoms with Gasteiger partial charge in [0.2, 0.25) is 0 Å². The predicted octanol–water partition coefficient (Wildman–Crippen LogP) is 3.39. The van der Waals surface area contributed by atoms with Crippen LogP contribution in [0.15, 0.2) is 23.4 Å². The lowest BCUT2D eigenvalue weighted by Gasteiger charge is -2.09. The molecule has 110 valence electrons. The lowest BCUT2D eigenvalue weighted by Crippen LogP contribution is -2.09. The van der Waals surface area contributed by atoms with Crippen molar-refractivity contribution in [1.82, 2.24) is 15.0 Å². The second-order valence-corrected chi connectivity index (χ2v) is 5.69. The number of aromatic nitrogens is 3. The van der Waals surface area contributed by atoms with Crippen molar-refractivity contribution in [3.05, 3.63) is 46.1 Å². The maximum atomic E-state index is 11.4. The van der Waals surface area contributed by atoms with E-state index in [1.165, 1.54) is 11.8 Å². The summed E-state index contributed by atoms with van der Waals surface area (Å²) in [4.78, 5) is 23.8. The molecule has 0 aliphatic rings. The van der Waals surface area contributed by atoms with Gasteiger partial charge in [-0.1, -0.05) is 18.5 Å². The van der Waals surface area contributed by atoms with Crippen molar-refractivity contribution in [1.29, 1.82) is 0 Å². The second kappa shape index (κ2) is 6.87. The van der Waals surface area contributed by atoms with E-state index in [1.54, 1.807) is 19.2 Å². The second-order valence-electron chi connectivity index (χ2n) is 4.34. The Kier molecular flexibility index (Phi) is 5.14. The standard InChI is InChI=1S/C14H14ClN3O2S/c1-3-11-17-8(2)12(14(19)20)13(18-11)21-7-9-4-5-16-10(15)6-9/h4-6H,3,7H2,1-2H3,(H,19,20). The number of aromatic carboxylic acids is 1. The van der Waals surface area contributed by atoms with Crippen LogP contribution in [0, 0.1) is 6.92 Å². The lowest BCUT2D eigenvalue weighted by molar-refractivity contribution is 0.0690. The molecule has 0 aromatic carbocycles. The normalized spacial score (nSPS) is 10.6. The zero-order valence-electron chi connectivity index (χ0n) is 11.6. The number of halogens is 1. The highest BCUT2D eigenvalue weighted by Crippen LogP contribution is 2.26. The van der Waals surface area contributed by atoms with Gasteiger partial charge in [0.1, 0.15) is 21.6 Å². The number of rotatable bonds is 5. The molecular formula is C14H14ClN3O2S. The Morgan fingerprint density at radius 3 is 2.81 bits per heavy atom. The van der Waals surface area contributed by atoms with E-state index >= 15 is 0 Å². The third-order valence-electron chi connectivity index (χ3n) is 2.80. The minimum absolute atomic E-state index is 0.164. The Hall–Kier alpha value is -1.66. The van der Waals surface area contributed by atoms with Crippen LogP contribution in [0.5, 0.6) is 0 Å². The van der Waals surface area contributed by atoms with Gasteiger partial charge in [-0.3, -0.25) is 0 Å². The fraction of sp³-hybridized carbons (Fsp3) is 0.286. The molecule has 21 heavy (non-hydrogen) atoms. The van der Waals surface area contributed by atoms with Gasteiger partial charge in [-0.05, 0) is 24.6 Å². The molecule has 2 heterocycles. The van der Waals surface area contributed by atoms with Crippen LogP contribution in [-0.4, -0.2) is 26.0 Å². The first-order valence-electron chi connectivity index (χ1n) is 6.35. The minimum Gasteiger partial charge on any atom is -0.478 e. The van der Waals surface area contributed by atoms with Gasteiger partial charge in [-0.15, -0.1) is 11.8 Å². The lowest BCUT2D eigenvalue weighted by atomic mass is 10.2. The molecule has 0 atom stereocenters. The van der Waals surface area contributed by atoms with Gasteiger partial charge in [0, 0.05) is 18.4 Å². The van der Waals surface area contributed by atoms with Crippen molar-refractivity contribution in [2.24, 2.45) is 0 Å². The van der Waals surface area contributed by atoms with Gasteiger partial charge in [-0.2, -0.15) is 0 Å². The van der Waals surface area contributed by atoms with Crippen molar-refractivity contribution in [3.63, 3.8) is 0 Å². The van der Waals surface area contributed by atoms with E-state index in [-0.39, 0.29) is 5.56 Å². The van der Waals surface area contributed by atoms with E-state index in [0.717, 1.165) is 5.56 Å². The summed E-state index contributed by atoms with van der Waals surface area (Å²) in [6.45, 7) is 3.63. The van der Waals surface area contributed by atoms with E-state index in [4.69, 9.17) is 11.6 Å². The number of carboxylic acid groups (broad SMARTS) is 1. The maximum absolute atomic E-state index is 11.4. The largest absolute Gasteiger partial charge is 0.478 e. The smallest absolute Gasteiger partial charge is 0.340 e. The maximum Gasteiger partial charge on any atom is 0.340 e. The molecule has 0 unspecified atom stereocenters. The zero-order chi connectivity index (χ0) is 15.4. The fourth-order valence-corrected chi connectivity index (χ4v) is 3.02. The minimum atomic E-state index is -1.01. The van der Waals surface area contributed by atoms with Crippen LogP contribution in [-0.2, 0) is 12.2 Å². The van der Waals surface area contributed by atoms with Crippen LogP contribution >= 0.6 is 23.4 Å². The van der Waals surface area contributed by atoms with Gasteiger partial charge in [0.15, 0.2) is 0 Å². The Labute approximate surface area is 131 Å². The van der Waals surface area contributed by atoms with E-state index in [1.807, 2.05) is 13.0 Å². The predicted molar refractivity (Wildman–Crippen MR) is 81.9 cm³/mol. The summed E-state index contributed by atoms with van der Waals surface area (Å²) < 4.78 is 0. The van der Waals surface area contributed by atoms with Crippen molar-refractivity contribution >= 4 is 29.3 Å². The summed E-state index contributed by atoms with van der Waals surface area (Å²) in [6.07, 6.45) is 2.29. The molecule has 1 N–H and O–H groups in total. The third-order valence-corrected chi connectivity index (χ3v) is 4.05. The molecule has 7 heteroatoms. The first kappa shape index (κ1) is 15.7. The topological polar surface area (TPSA) is 76.0 Å². The molecule has 5 nitrogen and oxygen atoms in total. The molecule has 0 saturated heterocycles. The molecule has 0 amide bonds.